The van der Waals surface area contributed by atoms with E-state index in [9.17, 15) is 14.0 Å². The molecule has 1 atom stereocenters. The summed E-state index contributed by atoms with van der Waals surface area (Å²) in [5.41, 5.74) is 5.14. The van der Waals surface area contributed by atoms with Crippen LogP contribution in [0.25, 0.3) is 10.9 Å². The number of fused-ring (bicyclic) bond motifs is 2. The van der Waals surface area contributed by atoms with Crippen LogP contribution >= 0.6 is 0 Å². The maximum Gasteiger partial charge on any atom is 0.255 e. The first-order valence-corrected chi connectivity index (χ1v) is 10.4. The average Bonchev–Trinajstić information content (AvgIpc) is 3.21. The summed E-state index contributed by atoms with van der Waals surface area (Å²) in [7, 11) is 2.01. The molecule has 4 aromatic rings. The van der Waals surface area contributed by atoms with Crippen molar-refractivity contribution in [3.05, 3.63) is 101 Å². The minimum Gasteiger partial charge on any atom is -0.348 e. The first kappa shape index (κ1) is 20.0. The van der Waals surface area contributed by atoms with Gasteiger partial charge in [0.2, 0.25) is 5.91 Å². The van der Waals surface area contributed by atoms with Gasteiger partial charge in [-0.3, -0.25) is 9.59 Å². The predicted molar refractivity (Wildman–Crippen MR) is 122 cm³/mol. The molecule has 1 aromatic heterocycles. The third-order valence-corrected chi connectivity index (χ3v) is 6.22. The summed E-state index contributed by atoms with van der Waals surface area (Å²) in [6.45, 7) is 1.93. The number of rotatable bonds is 4. The minimum absolute atomic E-state index is 0.113. The number of nitrogens with zero attached hydrogens (tertiary/aromatic N) is 2. The Morgan fingerprint density at radius 1 is 1.00 bits per heavy atom. The van der Waals surface area contributed by atoms with Gasteiger partial charge in [-0.1, -0.05) is 36.4 Å². The van der Waals surface area contributed by atoms with Gasteiger partial charge in [0.25, 0.3) is 5.91 Å². The Hall–Kier alpha value is -3.93. The van der Waals surface area contributed by atoms with Crippen LogP contribution < -0.4 is 5.32 Å². The van der Waals surface area contributed by atoms with E-state index in [1.165, 1.54) is 24.3 Å². The number of carbonyl (C=O) groups excluding carboxylic acids is 2. The number of hydrogen-bond acceptors (Lipinski definition) is 2. The third kappa shape index (κ3) is 3.15. The molecule has 32 heavy (non-hydrogen) atoms. The molecule has 0 aliphatic carbocycles. The molecule has 6 heteroatoms. The van der Waals surface area contributed by atoms with E-state index in [2.05, 4.69) is 22.0 Å². The van der Waals surface area contributed by atoms with E-state index in [4.69, 9.17) is 0 Å². The number of benzene rings is 3. The Morgan fingerprint density at radius 2 is 1.69 bits per heavy atom. The van der Waals surface area contributed by atoms with Gasteiger partial charge in [-0.05, 0) is 48.9 Å². The number of amides is 2. The summed E-state index contributed by atoms with van der Waals surface area (Å²) in [5, 5.41) is 3.83. The van der Waals surface area contributed by atoms with Crippen LogP contribution in [0.5, 0.6) is 0 Å². The van der Waals surface area contributed by atoms with Crippen LogP contribution in [-0.4, -0.2) is 27.8 Å². The molecular weight excluding hydrogens is 405 g/mol. The monoisotopic (exact) mass is 427 g/mol. The van der Waals surface area contributed by atoms with Crippen molar-refractivity contribution < 1.29 is 14.0 Å². The van der Waals surface area contributed by atoms with Gasteiger partial charge in [0.1, 0.15) is 12.4 Å². The van der Waals surface area contributed by atoms with Crippen molar-refractivity contribution in [1.29, 1.82) is 0 Å². The molecule has 5 rings (SSSR count). The average molecular weight is 427 g/mol. The number of halogens is 1. The summed E-state index contributed by atoms with van der Waals surface area (Å²) in [6.07, 6.45) is 0. The lowest BCUT2D eigenvalue weighted by molar-refractivity contribution is -0.117. The predicted octanol–water partition coefficient (Wildman–Crippen LogP) is 4.81. The molecule has 0 saturated carbocycles. The highest BCUT2D eigenvalue weighted by atomic mass is 19.1. The number of aryl methyl sites for hydroxylation is 1. The van der Waals surface area contributed by atoms with Crippen LogP contribution in [0.4, 0.5) is 10.1 Å². The van der Waals surface area contributed by atoms with Crippen LogP contribution in [0.15, 0.2) is 72.8 Å². The number of aromatic nitrogens is 1. The summed E-state index contributed by atoms with van der Waals surface area (Å²) in [6, 6.07) is 20.8. The number of nitrogens with one attached hydrogen (secondary N) is 1. The van der Waals surface area contributed by atoms with Gasteiger partial charge in [0.15, 0.2) is 0 Å². The molecule has 2 amide bonds. The van der Waals surface area contributed by atoms with Crippen LogP contribution in [0, 0.1) is 12.7 Å². The van der Waals surface area contributed by atoms with E-state index < -0.39 is 0 Å². The van der Waals surface area contributed by atoms with Gasteiger partial charge in [-0.25, -0.2) is 4.39 Å². The Bertz CT molecular complexity index is 1360. The number of para-hydroxylation sites is 1. The van der Waals surface area contributed by atoms with E-state index >= 15 is 0 Å². The van der Waals surface area contributed by atoms with E-state index in [-0.39, 0.29) is 30.2 Å². The SMILES string of the molecule is Cc1c([C@@H]2c3ccccc3C(=O)N2CC(=O)Nc2ccc(F)cc2)c2ccccc2n1C. The maximum atomic E-state index is 13.4. The van der Waals surface area contributed by atoms with Crippen molar-refractivity contribution in [3.8, 4) is 0 Å². The van der Waals surface area contributed by atoms with Crippen LogP contribution in [0.3, 0.4) is 0 Å². The molecule has 5 nitrogen and oxygen atoms in total. The molecule has 0 unspecified atom stereocenters. The lowest BCUT2D eigenvalue weighted by Gasteiger charge is -2.26. The second kappa shape index (κ2) is 7.64. The highest BCUT2D eigenvalue weighted by Crippen LogP contribution is 2.43. The minimum atomic E-state index is -0.375. The summed E-state index contributed by atoms with van der Waals surface area (Å²) < 4.78 is 15.3. The zero-order valence-corrected chi connectivity index (χ0v) is 17.8. The Labute approximate surface area is 185 Å². The van der Waals surface area contributed by atoms with Gasteiger partial charge in [0.05, 0.1) is 6.04 Å². The lowest BCUT2D eigenvalue weighted by Crippen LogP contribution is -2.36. The number of hydrogen-bond donors (Lipinski definition) is 1. The zero-order valence-electron chi connectivity index (χ0n) is 17.8. The van der Waals surface area contributed by atoms with Crippen molar-refractivity contribution >= 4 is 28.4 Å². The third-order valence-electron chi connectivity index (χ3n) is 6.22. The van der Waals surface area contributed by atoms with E-state index in [0.717, 1.165) is 27.7 Å². The van der Waals surface area contributed by atoms with Crippen LogP contribution in [0.1, 0.15) is 33.2 Å². The Morgan fingerprint density at radius 3 is 2.47 bits per heavy atom. The quantitative estimate of drug-likeness (QED) is 0.508. The highest BCUT2D eigenvalue weighted by molar-refractivity contribution is 6.04. The summed E-state index contributed by atoms with van der Waals surface area (Å²) in [5.74, 6) is -0.882. The largest absolute Gasteiger partial charge is 0.348 e. The van der Waals surface area contributed by atoms with Crippen molar-refractivity contribution in [3.63, 3.8) is 0 Å². The van der Waals surface area contributed by atoms with E-state index in [1.807, 2.05) is 50.4 Å². The fraction of sp³-hybridized carbons (Fsp3) is 0.154. The number of carbonyl (C=O) groups is 2. The normalized spacial score (nSPS) is 15.3. The van der Waals surface area contributed by atoms with Crippen molar-refractivity contribution in [1.82, 2.24) is 9.47 Å². The second-order valence-corrected chi connectivity index (χ2v) is 8.05. The van der Waals surface area contributed by atoms with E-state index in [0.29, 0.717) is 11.3 Å². The molecule has 0 bridgehead atoms. The van der Waals surface area contributed by atoms with Crippen LogP contribution in [0.2, 0.25) is 0 Å². The Balaban J connectivity index is 1.56. The van der Waals surface area contributed by atoms with Crippen LogP contribution in [-0.2, 0) is 11.8 Å². The summed E-state index contributed by atoms with van der Waals surface area (Å²) in [4.78, 5) is 27.9. The van der Waals surface area contributed by atoms with E-state index in [1.54, 1.807) is 4.90 Å². The van der Waals surface area contributed by atoms with Gasteiger partial charge in [-0.15, -0.1) is 0 Å². The molecule has 1 aliphatic rings. The molecule has 2 heterocycles. The summed E-state index contributed by atoms with van der Waals surface area (Å²) >= 11 is 0. The molecule has 0 radical (unpaired) electrons. The smallest absolute Gasteiger partial charge is 0.255 e. The van der Waals surface area contributed by atoms with Crippen molar-refractivity contribution in [2.75, 3.05) is 11.9 Å². The molecule has 3 aromatic carbocycles. The van der Waals surface area contributed by atoms with Gasteiger partial charge >= 0.3 is 0 Å². The van der Waals surface area contributed by atoms with Gasteiger partial charge in [0, 0.05) is 40.5 Å². The fourth-order valence-electron chi connectivity index (χ4n) is 4.63. The standard InChI is InChI=1S/C26H22FN3O2/c1-16-24(21-9-5-6-10-22(21)29(16)2)25-19-7-3-4-8-20(19)26(32)30(25)15-23(31)28-18-13-11-17(27)12-14-18/h3-14,25H,15H2,1-2H3,(H,28,31)/t25-/m0/s1. The number of anilines is 1. The zero-order chi connectivity index (χ0) is 22.4. The van der Waals surface area contributed by atoms with Crippen molar-refractivity contribution in [2.45, 2.75) is 13.0 Å². The molecule has 160 valence electrons. The first-order valence-electron chi connectivity index (χ1n) is 10.4. The fourth-order valence-corrected chi connectivity index (χ4v) is 4.63. The maximum absolute atomic E-state index is 13.4. The van der Waals surface area contributed by atoms with Gasteiger partial charge in [-0.2, -0.15) is 0 Å². The van der Waals surface area contributed by atoms with Crippen molar-refractivity contribution in [2.24, 2.45) is 7.05 Å². The first-order chi connectivity index (χ1) is 15.5. The van der Waals surface area contributed by atoms with Gasteiger partial charge < -0.3 is 14.8 Å². The highest BCUT2D eigenvalue weighted by Gasteiger charge is 2.40. The molecular formula is C26H22FN3O2. The Kier molecular flexibility index (Phi) is 4.78. The second-order valence-electron chi connectivity index (χ2n) is 8.05. The lowest BCUT2D eigenvalue weighted by atomic mass is 9.95. The molecule has 1 N–H and O–H groups in total. The molecule has 0 spiro atoms. The topological polar surface area (TPSA) is 54.3 Å². The molecule has 0 saturated heterocycles. The molecule has 0 fully saturated rings. The molecule has 1 aliphatic heterocycles.